The van der Waals surface area contributed by atoms with Crippen molar-refractivity contribution in [2.75, 3.05) is 11.9 Å². The van der Waals surface area contributed by atoms with Crippen LogP contribution in [0.2, 0.25) is 5.02 Å². The first-order chi connectivity index (χ1) is 9.78. The van der Waals surface area contributed by atoms with E-state index in [1.165, 1.54) is 0 Å². The maximum atomic E-state index is 12.2. The highest BCUT2D eigenvalue weighted by Gasteiger charge is 2.65. The molecule has 1 saturated carbocycles. The van der Waals surface area contributed by atoms with Gasteiger partial charge in [-0.05, 0) is 30.5 Å². The number of aliphatic carboxylic acids is 1. The summed E-state index contributed by atoms with van der Waals surface area (Å²) in [7, 11) is 0. The second-order valence-electron chi connectivity index (χ2n) is 5.68. The molecule has 114 valence electrons. The number of nitrogens with one attached hydrogen (secondary N) is 1. The van der Waals surface area contributed by atoms with Crippen LogP contribution < -0.4 is 10.1 Å². The molecule has 1 aromatic carbocycles. The van der Waals surface area contributed by atoms with E-state index in [4.69, 9.17) is 21.4 Å². The van der Waals surface area contributed by atoms with Crippen LogP contribution in [0.15, 0.2) is 18.2 Å². The monoisotopic (exact) mass is 311 g/mol. The fourth-order valence-corrected chi connectivity index (χ4v) is 2.89. The Balaban J connectivity index is 2.07. The van der Waals surface area contributed by atoms with E-state index in [2.05, 4.69) is 5.32 Å². The minimum Gasteiger partial charge on any atom is -0.492 e. The van der Waals surface area contributed by atoms with Gasteiger partial charge in [-0.15, -0.1) is 0 Å². The van der Waals surface area contributed by atoms with Gasteiger partial charge in [-0.25, -0.2) is 0 Å². The maximum absolute atomic E-state index is 12.2. The Kier molecular flexibility index (Phi) is 4.14. The molecule has 0 aliphatic heterocycles. The first-order valence-electron chi connectivity index (χ1n) is 6.75. The lowest BCUT2D eigenvalue weighted by Gasteiger charge is -2.09. The van der Waals surface area contributed by atoms with Gasteiger partial charge in [0.15, 0.2) is 0 Å². The number of ether oxygens (including phenoxy) is 1. The molecule has 0 unspecified atom stereocenters. The SMILES string of the molecule is CCOc1ccc(NC(=O)[C@H]2[C@@H](C(=O)O)C2(C)C)cc1Cl. The summed E-state index contributed by atoms with van der Waals surface area (Å²) in [6.07, 6.45) is 0. The van der Waals surface area contributed by atoms with Crippen molar-refractivity contribution >= 4 is 29.2 Å². The molecular formula is C15H18ClNO4. The lowest BCUT2D eigenvalue weighted by atomic mass is 10.1. The van der Waals surface area contributed by atoms with Crippen molar-refractivity contribution in [3.05, 3.63) is 23.2 Å². The van der Waals surface area contributed by atoms with Crippen LogP contribution in [0.25, 0.3) is 0 Å². The van der Waals surface area contributed by atoms with Crippen molar-refractivity contribution in [3.63, 3.8) is 0 Å². The number of hydrogen-bond donors (Lipinski definition) is 2. The van der Waals surface area contributed by atoms with Crippen molar-refractivity contribution in [3.8, 4) is 5.75 Å². The van der Waals surface area contributed by atoms with Crippen LogP contribution >= 0.6 is 11.6 Å². The largest absolute Gasteiger partial charge is 0.492 e. The summed E-state index contributed by atoms with van der Waals surface area (Å²) in [5, 5.41) is 12.2. The molecule has 1 fully saturated rings. The van der Waals surface area contributed by atoms with Gasteiger partial charge in [-0.3, -0.25) is 9.59 Å². The number of carboxylic acids is 1. The molecule has 0 saturated heterocycles. The molecule has 0 aromatic heterocycles. The molecule has 1 amide bonds. The average Bonchev–Trinajstić information content (AvgIpc) is 2.96. The topological polar surface area (TPSA) is 75.6 Å². The van der Waals surface area contributed by atoms with Crippen LogP contribution in [0.3, 0.4) is 0 Å². The second-order valence-corrected chi connectivity index (χ2v) is 6.09. The Labute approximate surface area is 128 Å². The smallest absolute Gasteiger partial charge is 0.307 e. The molecule has 1 aliphatic carbocycles. The molecule has 0 radical (unpaired) electrons. The number of halogens is 1. The van der Waals surface area contributed by atoms with Crippen LogP contribution in [-0.4, -0.2) is 23.6 Å². The molecule has 2 atom stereocenters. The molecule has 0 spiro atoms. The van der Waals surface area contributed by atoms with Gasteiger partial charge in [0.05, 0.1) is 23.5 Å². The van der Waals surface area contributed by atoms with E-state index in [9.17, 15) is 9.59 Å². The van der Waals surface area contributed by atoms with Crippen LogP contribution in [0, 0.1) is 17.3 Å². The van der Waals surface area contributed by atoms with Crippen LogP contribution in [-0.2, 0) is 9.59 Å². The van der Waals surface area contributed by atoms with E-state index in [-0.39, 0.29) is 5.91 Å². The maximum Gasteiger partial charge on any atom is 0.307 e. The molecule has 1 aliphatic rings. The molecule has 21 heavy (non-hydrogen) atoms. The highest BCUT2D eigenvalue weighted by atomic mass is 35.5. The Morgan fingerprint density at radius 2 is 2.05 bits per heavy atom. The van der Waals surface area contributed by atoms with Gasteiger partial charge in [-0.1, -0.05) is 25.4 Å². The van der Waals surface area contributed by atoms with Crippen LogP contribution in [0.4, 0.5) is 5.69 Å². The predicted octanol–water partition coefficient (Wildman–Crippen LogP) is 3.03. The van der Waals surface area contributed by atoms with Gasteiger partial charge in [0, 0.05) is 5.69 Å². The molecule has 6 heteroatoms. The normalized spacial score (nSPS) is 22.5. The minimum absolute atomic E-state index is 0.298. The fourth-order valence-electron chi connectivity index (χ4n) is 2.66. The van der Waals surface area contributed by atoms with E-state index in [0.29, 0.717) is 23.1 Å². The summed E-state index contributed by atoms with van der Waals surface area (Å²) in [4.78, 5) is 23.3. The third-order valence-electron chi connectivity index (χ3n) is 3.88. The Hall–Kier alpha value is -1.75. The van der Waals surface area contributed by atoms with E-state index < -0.39 is 23.2 Å². The molecule has 1 aromatic rings. The van der Waals surface area contributed by atoms with Crippen molar-refractivity contribution in [1.29, 1.82) is 0 Å². The Morgan fingerprint density at radius 1 is 1.38 bits per heavy atom. The summed E-state index contributed by atoms with van der Waals surface area (Å²) in [6.45, 7) is 5.91. The zero-order chi connectivity index (χ0) is 15.8. The summed E-state index contributed by atoms with van der Waals surface area (Å²) in [5.41, 5.74) is 0.00520. The third-order valence-corrected chi connectivity index (χ3v) is 4.17. The van der Waals surface area contributed by atoms with Gasteiger partial charge in [0.25, 0.3) is 0 Å². The minimum atomic E-state index is -0.940. The number of carbonyl (C=O) groups excluding carboxylic acids is 1. The number of carbonyl (C=O) groups is 2. The highest BCUT2D eigenvalue weighted by molar-refractivity contribution is 6.32. The molecule has 0 bridgehead atoms. The van der Waals surface area contributed by atoms with Crippen molar-refractivity contribution in [2.24, 2.45) is 17.3 Å². The number of anilines is 1. The fraction of sp³-hybridized carbons (Fsp3) is 0.467. The van der Waals surface area contributed by atoms with Gasteiger partial charge < -0.3 is 15.2 Å². The zero-order valence-corrected chi connectivity index (χ0v) is 12.9. The summed E-state index contributed by atoms with van der Waals surface area (Å²) < 4.78 is 5.32. The highest BCUT2D eigenvalue weighted by Crippen LogP contribution is 2.58. The number of amides is 1. The first-order valence-corrected chi connectivity index (χ1v) is 7.12. The van der Waals surface area contributed by atoms with Crippen molar-refractivity contribution in [1.82, 2.24) is 0 Å². The van der Waals surface area contributed by atoms with Gasteiger partial charge in [0.1, 0.15) is 5.75 Å². The molecule has 2 N–H and O–H groups in total. The number of carboxylic acid groups (broad SMARTS) is 1. The number of rotatable bonds is 5. The van der Waals surface area contributed by atoms with E-state index in [1.807, 2.05) is 6.92 Å². The predicted molar refractivity (Wildman–Crippen MR) is 79.6 cm³/mol. The lowest BCUT2D eigenvalue weighted by Crippen LogP contribution is -2.17. The Bertz CT molecular complexity index is 585. The molecule has 2 rings (SSSR count). The number of benzene rings is 1. The quantitative estimate of drug-likeness (QED) is 0.876. The Morgan fingerprint density at radius 3 is 2.52 bits per heavy atom. The average molecular weight is 312 g/mol. The summed E-state index contributed by atoms with van der Waals surface area (Å²) in [6, 6.07) is 4.95. The van der Waals surface area contributed by atoms with Gasteiger partial charge in [0.2, 0.25) is 5.91 Å². The van der Waals surface area contributed by atoms with E-state index >= 15 is 0 Å². The van der Waals surface area contributed by atoms with E-state index in [1.54, 1.807) is 32.0 Å². The van der Waals surface area contributed by atoms with E-state index in [0.717, 1.165) is 0 Å². The third kappa shape index (κ3) is 2.97. The first kappa shape index (κ1) is 15.6. The van der Waals surface area contributed by atoms with Gasteiger partial charge in [-0.2, -0.15) is 0 Å². The van der Waals surface area contributed by atoms with Crippen molar-refractivity contribution < 1.29 is 19.4 Å². The molecule has 0 heterocycles. The number of hydrogen-bond acceptors (Lipinski definition) is 3. The van der Waals surface area contributed by atoms with Crippen molar-refractivity contribution in [2.45, 2.75) is 20.8 Å². The standard InChI is InChI=1S/C15H18ClNO4/c1-4-21-10-6-5-8(7-9(10)16)17-13(18)11-12(14(19)20)15(11,2)3/h5-7,11-12H,4H2,1-3H3,(H,17,18)(H,19,20)/t11-,12+/m1/s1. The molecule has 5 nitrogen and oxygen atoms in total. The van der Waals surface area contributed by atoms with Gasteiger partial charge >= 0.3 is 5.97 Å². The summed E-state index contributed by atoms with van der Waals surface area (Å²) in [5.74, 6) is -1.86. The molecular weight excluding hydrogens is 294 g/mol. The van der Waals surface area contributed by atoms with Crippen LogP contribution in [0.1, 0.15) is 20.8 Å². The summed E-state index contributed by atoms with van der Waals surface area (Å²) >= 11 is 6.05. The zero-order valence-electron chi connectivity index (χ0n) is 12.1. The second kappa shape index (κ2) is 5.56. The lowest BCUT2D eigenvalue weighted by molar-refractivity contribution is -0.140. The van der Waals surface area contributed by atoms with Crippen LogP contribution in [0.5, 0.6) is 5.75 Å².